The second kappa shape index (κ2) is 22.5. The molecule has 0 saturated carbocycles. The van der Waals surface area contributed by atoms with Gasteiger partial charge < -0.3 is 18.3 Å². The molecule has 20 rings (SSSR count). The van der Waals surface area contributed by atoms with Gasteiger partial charge >= 0.3 is 0 Å². The van der Waals surface area contributed by atoms with Gasteiger partial charge in [0, 0.05) is 65.8 Å². The number of fused-ring (bicyclic) bond motifs is 14. The molecule has 96 heavy (non-hydrogen) atoms. The largest absolute Gasteiger partial charge is 0.309 e. The van der Waals surface area contributed by atoms with Crippen LogP contribution < -0.4 is 0 Å². The van der Waals surface area contributed by atoms with E-state index in [1.165, 1.54) is 165 Å². The maximum atomic E-state index is 2.40. The SMILES string of the molecule is c1ccc(-c2cccc(-n3c4ccccc4c4cc(-c5ccc6c(c5)c5ccccc5n6-c5cccc(-c6ccccc6)c5)ccc43)c2)cc1.c1ccc2cc(-n3c4ccccc4c4cc(-c5ccc6c(c5)c5ccccc5n6-c5ccc6ccccc6c5)ccc43)ccc2c1. The number of rotatable bonds is 8. The van der Waals surface area contributed by atoms with Gasteiger partial charge in [0.25, 0.3) is 0 Å². The molecule has 16 aromatic carbocycles. The smallest absolute Gasteiger partial charge is 0.0541 e. The van der Waals surface area contributed by atoms with E-state index in [4.69, 9.17) is 0 Å². The van der Waals surface area contributed by atoms with E-state index in [2.05, 4.69) is 382 Å². The maximum Gasteiger partial charge on any atom is 0.0541 e. The number of aromatic nitrogens is 4. The molecule has 0 amide bonds. The van der Waals surface area contributed by atoms with E-state index in [9.17, 15) is 0 Å². The van der Waals surface area contributed by atoms with Crippen molar-refractivity contribution in [1.29, 1.82) is 0 Å². The van der Waals surface area contributed by atoms with Crippen molar-refractivity contribution in [3.63, 3.8) is 0 Å². The second-order valence-corrected chi connectivity index (χ2v) is 25.2. The Morgan fingerprint density at radius 1 is 0.125 bits per heavy atom. The molecular weight excluding hydrogens is 1160 g/mol. The predicted octanol–water partition coefficient (Wildman–Crippen LogP) is 24.7. The van der Waals surface area contributed by atoms with E-state index in [0.29, 0.717) is 0 Å². The minimum absolute atomic E-state index is 1.16. The summed E-state index contributed by atoms with van der Waals surface area (Å²) < 4.78 is 9.62. The van der Waals surface area contributed by atoms with Crippen LogP contribution in [0.15, 0.2) is 364 Å². The van der Waals surface area contributed by atoms with Gasteiger partial charge in [0.15, 0.2) is 0 Å². The topological polar surface area (TPSA) is 19.7 Å². The van der Waals surface area contributed by atoms with Gasteiger partial charge in [-0.25, -0.2) is 0 Å². The lowest BCUT2D eigenvalue weighted by molar-refractivity contribution is 1.18. The van der Waals surface area contributed by atoms with Crippen LogP contribution in [0.1, 0.15) is 0 Å². The quantitative estimate of drug-likeness (QED) is 0.144. The van der Waals surface area contributed by atoms with Crippen molar-refractivity contribution >= 4 is 109 Å². The van der Waals surface area contributed by atoms with Crippen LogP contribution in [-0.4, -0.2) is 18.3 Å². The monoisotopic (exact) mass is 1220 g/mol. The molecule has 0 bridgehead atoms. The first kappa shape index (κ1) is 54.9. The van der Waals surface area contributed by atoms with Gasteiger partial charge in [-0.1, -0.05) is 243 Å². The molecule has 0 unspecified atom stereocenters. The van der Waals surface area contributed by atoms with Gasteiger partial charge in [-0.2, -0.15) is 0 Å². The van der Waals surface area contributed by atoms with Crippen LogP contribution in [0.4, 0.5) is 0 Å². The first-order valence-corrected chi connectivity index (χ1v) is 33.0. The molecule has 4 heterocycles. The summed E-state index contributed by atoms with van der Waals surface area (Å²) in [5.74, 6) is 0. The van der Waals surface area contributed by atoms with Crippen LogP contribution in [0.25, 0.3) is 176 Å². The molecule has 4 aromatic heterocycles. The Bertz CT molecular complexity index is 6060. The molecule has 0 atom stereocenters. The molecular formula is C92H60N4. The van der Waals surface area contributed by atoms with E-state index >= 15 is 0 Å². The van der Waals surface area contributed by atoms with Crippen LogP contribution in [-0.2, 0) is 0 Å². The van der Waals surface area contributed by atoms with E-state index in [-0.39, 0.29) is 0 Å². The number of hydrogen-bond acceptors (Lipinski definition) is 0. The minimum Gasteiger partial charge on any atom is -0.309 e. The van der Waals surface area contributed by atoms with Crippen molar-refractivity contribution in [1.82, 2.24) is 18.3 Å². The van der Waals surface area contributed by atoms with E-state index in [0.717, 1.165) is 11.4 Å². The first-order chi connectivity index (χ1) is 47.6. The lowest BCUT2D eigenvalue weighted by Crippen LogP contribution is -1.94. The Kier molecular flexibility index (Phi) is 12.9. The standard InChI is InChI=1S/C48H32N2.C44H28N2/c1-3-13-33(14-4-1)35-17-11-19-39(29-35)49-45-23-9-7-21-41(45)43-31-37(25-27-47(43)49)38-26-28-48-44(32-38)42-22-8-10-24-46(42)50(48)40-20-12-18-36(30-40)34-15-5-2-6-16-34;1-3-11-31-25-35(21-17-29(31)9-1)45-41-15-7-5-13-37(41)39-27-33(19-23-43(39)45)34-20-24-44-40(28-34)38-14-6-8-16-42(38)46(44)36-22-18-30-10-2-4-12-32(30)26-36/h1-32H;1-28H. The summed E-state index contributed by atoms with van der Waals surface area (Å²) in [6, 6.07) is 133. The van der Waals surface area contributed by atoms with Gasteiger partial charge in [0.2, 0.25) is 0 Å². The summed E-state index contributed by atoms with van der Waals surface area (Å²) in [7, 11) is 0. The normalized spacial score (nSPS) is 11.8. The van der Waals surface area contributed by atoms with Crippen molar-refractivity contribution in [3.8, 4) is 67.3 Å². The molecule has 0 fully saturated rings. The van der Waals surface area contributed by atoms with Crippen LogP contribution in [0, 0.1) is 0 Å². The highest BCUT2D eigenvalue weighted by atomic mass is 15.0. The van der Waals surface area contributed by atoms with E-state index < -0.39 is 0 Å². The predicted molar refractivity (Wildman–Crippen MR) is 407 cm³/mol. The van der Waals surface area contributed by atoms with Gasteiger partial charge in [-0.15, -0.1) is 0 Å². The molecule has 0 N–H and O–H groups in total. The fourth-order valence-corrected chi connectivity index (χ4v) is 15.3. The van der Waals surface area contributed by atoms with Crippen molar-refractivity contribution in [2.75, 3.05) is 0 Å². The summed E-state index contributed by atoms with van der Waals surface area (Å²) in [5, 5.41) is 15.1. The first-order valence-electron chi connectivity index (χ1n) is 33.0. The molecule has 0 aliphatic rings. The Morgan fingerprint density at radius 2 is 0.375 bits per heavy atom. The van der Waals surface area contributed by atoms with Gasteiger partial charge in [0.1, 0.15) is 0 Å². The summed E-state index contributed by atoms with van der Waals surface area (Å²) in [6.07, 6.45) is 0. The fourth-order valence-electron chi connectivity index (χ4n) is 15.3. The Hall–Kier alpha value is -12.8. The summed E-state index contributed by atoms with van der Waals surface area (Å²) in [6.45, 7) is 0. The average Bonchev–Trinajstić information content (AvgIpc) is 1.60. The van der Waals surface area contributed by atoms with Crippen molar-refractivity contribution in [2.24, 2.45) is 0 Å². The summed E-state index contributed by atoms with van der Waals surface area (Å²) in [5.41, 5.74) is 24.1. The lowest BCUT2D eigenvalue weighted by Gasteiger charge is -2.11. The third-order valence-electron chi connectivity index (χ3n) is 19.8. The Balaban J connectivity index is 0.000000136. The average molecular weight is 1220 g/mol. The molecule has 0 spiro atoms. The Morgan fingerprint density at radius 3 is 0.708 bits per heavy atom. The number of benzene rings is 16. The maximum absolute atomic E-state index is 2.40. The number of nitrogens with zero attached hydrogens (tertiary/aromatic N) is 4. The zero-order valence-corrected chi connectivity index (χ0v) is 52.4. The van der Waals surface area contributed by atoms with Crippen LogP contribution in [0.3, 0.4) is 0 Å². The Labute approximate surface area is 554 Å². The molecule has 4 nitrogen and oxygen atoms in total. The van der Waals surface area contributed by atoms with Crippen LogP contribution >= 0.6 is 0 Å². The third-order valence-corrected chi connectivity index (χ3v) is 19.8. The van der Waals surface area contributed by atoms with Crippen molar-refractivity contribution in [3.05, 3.63) is 364 Å². The minimum atomic E-state index is 1.16. The fraction of sp³-hybridized carbons (Fsp3) is 0. The highest BCUT2D eigenvalue weighted by Crippen LogP contribution is 2.42. The zero-order valence-electron chi connectivity index (χ0n) is 52.4. The van der Waals surface area contributed by atoms with Crippen molar-refractivity contribution < 1.29 is 0 Å². The van der Waals surface area contributed by atoms with E-state index in [1.54, 1.807) is 0 Å². The molecule has 448 valence electrons. The van der Waals surface area contributed by atoms with Gasteiger partial charge in [-0.3, -0.25) is 0 Å². The lowest BCUT2D eigenvalue weighted by atomic mass is 10.0. The van der Waals surface area contributed by atoms with Gasteiger partial charge in [0.05, 0.1) is 44.1 Å². The molecule has 0 aliphatic carbocycles. The highest BCUT2D eigenvalue weighted by molar-refractivity contribution is 6.15. The molecule has 0 saturated heterocycles. The number of para-hydroxylation sites is 4. The summed E-state index contributed by atoms with van der Waals surface area (Å²) >= 11 is 0. The highest BCUT2D eigenvalue weighted by Gasteiger charge is 2.20. The van der Waals surface area contributed by atoms with Gasteiger partial charge in [-0.05, 0) is 187 Å². The second-order valence-electron chi connectivity index (χ2n) is 25.2. The molecule has 0 aliphatic heterocycles. The molecule has 4 heteroatoms. The number of hydrogen-bond donors (Lipinski definition) is 0. The third kappa shape index (κ3) is 9.14. The summed E-state index contributed by atoms with van der Waals surface area (Å²) in [4.78, 5) is 0. The van der Waals surface area contributed by atoms with Crippen LogP contribution in [0.5, 0.6) is 0 Å². The zero-order chi connectivity index (χ0) is 63.2. The molecule has 20 aromatic rings. The van der Waals surface area contributed by atoms with Crippen LogP contribution in [0.2, 0.25) is 0 Å². The molecule has 0 radical (unpaired) electrons. The van der Waals surface area contributed by atoms with Crippen molar-refractivity contribution in [2.45, 2.75) is 0 Å². The van der Waals surface area contributed by atoms with E-state index in [1.807, 2.05) is 0 Å².